The predicted octanol–water partition coefficient (Wildman–Crippen LogP) is 12.4. The molecule has 284 valence electrons. The number of phosphoric acid groups is 1. The third-order valence-corrected chi connectivity index (χ3v) is 11.5. The van der Waals surface area contributed by atoms with Gasteiger partial charge in [0.15, 0.2) is 0 Å². The van der Waals surface area contributed by atoms with E-state index in [-0.39, 0.29) is 16.7 Å². The van der Waals surface area contributed by atoms with Crippen molar-refractivity contribution in [3.05, 3.63) is 176 Å². The summed E-state index contributed by atoms with van der Waals surface area (Å²) in [7, 11) is -5.35. The van der Waals surface area contributed by atoms with Crippen molar-refractivity contribution in [1.82, 2.24) is 0 Å². The van der Waals surface area contributed by atoms with Crippen molar-refractivity contribution < 1.29 is 32.5 Å². The summed E-state index contributed by atoms with van der Waals surface area (Å²) in [5, 5.41) is 0. The zero-order valence-electron chi connectivity index (χ0n) is 33.2. The summed E-state index contributed by atoms with van der Waals surface area (Å²) in [6.45, 7) is 16.4. The van der Waals surface area contributed by atoms with E-state index in [1.54, 1.807) is 41.5 Å². The van der Waals surface area contributed by atoms with Gasteiger partial charge in [0.25, 0.3) is 0 Å². The lowest BCUT2D eigenvalue weighted by Crippen LogP contribution is -2.18. The Labute approximate surface area is 328 Å². The van der Waals surface area contributed by atoms with E-state index < -0.39 is 25.7 Å². The molecule has 0 heterocycles. The molecule has 6 aromatic carbocycles. The molecule has 7 nitrogen and oxygen atoms in total. The lowest BCUT2D eigenvalue weighted by Gasteiger charge is -2.22. The molecule has 6 aromatic rings. The summed E-state index contributed by atoms with van der Waals surface area (Å²) in [5.41, 5.74) is 11.5. The molecule has 0 fully saturated rings. The summed E-state index contributed by atoms with van der Waals surface area (Å²) in [4.78, 5) is 42.9. The SMILES string of the molecule is Cc1cc(C)c(-c2ccccc2)c(C)c1C(=O)OP(=O)(OC(=O)c1c(C)cc(C)c(-c2ccccc2)c1C)OC(=O)c1c(C)cc(C)c(-c2ccccc2)c1C. The van der Waals surface area contributed by atoms with Gasteiger partial charge in [0.2, 0.25) is 0 Å². The number of phosphoric ester groups is 1. The lowest BCUT2D eigenvalue weighted by atomic mass is 9.89. The summed E-state index contributed by atoms with van der Waals surface area (Å²) in [6, 6.07) is 34.2. The first-order valence-electron chi connectivity index (χ1n) is 18.4. The second-order valence-electron chi connectivity index (χ2n) is 14.3. The molecule has 0 saturated heterocycles. The van der Waals surface area contributed by atoms with Gasteiger partial charge in [-0.2, -0.15) is 4.57 Å². The minimum absolute atomic E-state index is 0.116. The zero-order chi connectivity index (χ0) is 40.5. The molecule has 0 atom stereocenters. The fourth-order valence-corrected chi connectivity index (χ4v) is 9.14. The first-order chi connectivity index (χ1) is 26.6. The van der Waals surface area contributed by atoms with Crippen LogP contribution in [0.5, 0.6) is 0 Å². The zero-order valence-corrected chi connectivity index (χ0v) is 34.1. The van der Waals surface area contributed by atoms with Gasteiger partial charge in [-0.15, -0.1) is 0 Å². The number of carbonyl (C=O) groups excluding carboxylic acids is 3. The first-order valence-corrected chi connectivity index (χ1v) is 19.9. The van der Waals surface area contributed by atoms with Gasteiger partial charge in [-0.1, -0.05) is 109 Å². The molecule has 0 aliphatic heterocycles. The van der Waals surface area contributed by atoms with Crippen molar-refractivity contribution in [3.8, 4) is 33.4 Å². The molecule has 0 radical (unpaired) electrons. The minimum Gasteiger partial charge on any atom is -0.348 e. The highest BCUT2D eigenvalue weighted by Crippen LogP contribution is 2.53. The fraction of sp³-hybridized carbons (Fsp3) is 0.188. The molecule has 0 aromatic heterocycles. The van der Waals surface area contributed by atoms with E-state index in [2.05, 4.69) is 0 Å². The normalized spacial score (nSPS) is 11.2. The monoisotopic (exact) mass is 764 g/mol. The van der Waals surface area contributed by atoms with E-state index in [0.717, 1.165) is 50.1 Å². The average Bonchev–Trinajstić information content (AvgIpc) is 3.12. The molecule has 0 unspecified atom stereocenters. The Kier molecular flexibility index (Phi) is 11.3. The lowest BCUT2D eigenvalue weighted by molar-refractivity contribution is 0.0470. The van der Waals surface area contributed by atoms with Crippen molar-refractivity contribution in [3.63, 3.8) is 0 Å². The highest BCUT2D eigenvalue weighted by atomic mass is 31.2. The van der Waals surface area contributed by atoms with Crippen LogP contribution in [0.15, 0.2) is 109 Å². The molecule has 56 heavy (non-hydrogen) atoms. The standard InChI is InChI=1S/C48H45O7P/c1-28-25-31(4)43(34(7)40(28)37-19-13-10-14-20-37)46(49)53-56(52,54-47(50)44-32(5)26-29(2)41(35(44)8)38-21-15-11-16-22-38)55-48(51)45-33(6)27-30(3)42(36(45)9)39-23-17-12-18-24-39/h10-27H,1-9H3. The Hall–Kier alpha value is -6.04. The van der Waals surface area contributed by atoms with Crippen molar-refractivity contribution in [1.29, 1.82) is 0 Å². The molecule has 0 bridgehead atoms. The third-order valence-electron chi connectivity index (χ3n) is 10.3. The van der Waals surface area contributed by atoms with Crippen LogP contribution in [-0.2, 0) is 18.1 Å². The first kappa shape index (κ1) is 39.6. The van der Waals surface area contributed by atoms with Crippen LogP contribution in [0.4, 0.5) is 0 Å². The van der Waals surface area contributed by atoms with E-state index in [1.807, 2.05) is 130 Å². The van der Waals surface area contributed by atoms with Gasteiger partial charge in [0, 0.05) is 0 Å². The summed E-state index contributed by atoms with van der Waals surface area (Å²) in [6.07, 6.45) is 0. The van der Waals surface area contributed by atoms with Crippen molar-refractivity contribution in [2.75, 3.05) is 0 Å². The number of aryl methyl sites for hydroxylation is 6. The second-order valence-corrected chi connectivity index (χ2v) is 15.8. The van der Waals surface area contributed by atoms with Crippen molar-refractivity contribution in [2.45, 2.75) is 62.3 Å². The smallest absolute Gasteiger partial charge is 0.348 e. The quantitative estimate of drug-likeness (QED) is 0.135. The molecule has 0 aliphatic carbocycles. The number of hydrogen-bond acceptors (Lipinski definition) is 7. The summed E-state index contributed by atoms with van der Waals surface area (Å²) >= 11 is 0. The number of carbonyl (C=O) groups is 3. The van der Waals surface area contributed by atoms with E-state index >= 15 is 0 Å². The maximum Gasteiger partial charge on any atom is 0.654 e. The van der Waals surface area contributed by atoms with Crippen LogP contribution in [0.25, 0.3) is 33.4 Å². The van der Waals surface area contributed by atoms with Crippen LogP contribution >= 0.6 is 7.82 Å². The maximum absolute atomic E-state index is 15.0. The molecular weight excluding hydrogens is 719 g/mol. The van der Waals surface area contributed by atoms with E-state index in [1.165, 1.54) is 0 Å². The Morgan fingerprint density at radius 1 is 0.375 bits per heavy atom. The predicted molar refractivity (Wildman–Crippen MR) is 222 cm³/mol. The van der Waals surface area contributed by atoms with Gasteiger partial charge in [-0.05, 0) is 146 Å². The minimum atomic E-state index is -5.35. The maximum atomic E-state index is 15.0. The van der Waals surface area contributed by atoms with Crippen LogP contribution in [0.2, 0.25) is 0 Å². The third kappa shape index (κ3) is 7.73. The van der Waals surface area contributed by atoms with E-state index in [4.69, 9.17) is 13.6 Å². The molecule has 0 amide bonds. The van der Waals surface area contributed by atoms with Crippen LogP contribution < -0.4 is 0 Å². The van der Waals surface area contributed by atoms with Crippen LogP contribution in [0.1, 0.15) is 81.1 Å². The van der Waals surface area contributed by atoms with Gasteiger partial charge >= 0.3 is 25.7 Å². The van der Waals surface area contributed by atoms with Gasteiger partial charge in [-0.25, -0.2) is 14.4 Å². The highest BCUT2D eigenvalue weighted by Gasteiger charge is 2.43. The molecule has 0 spiro atoms. The Morgan fingerprint density at radius 3 is 0.839 bits per heavy atom. The number of rotatable bonds is 9. The Morgan fingerprint density at radius 2 is 0.607 bits per heavy atom. The average molecular weight is 765 g/mol. The van der Waals surface area contributed by atoms with Gasteiger partial charge < -0.3 is 13.6 Å². The van der Waals surface area contributed by atoms with Crippen LogP contribution in [-0.4, -0.2) is 17.9 Å². The molecule has 6 rings (SSSR count). The number of hydrogen-bond donors (Lipinski definition) is 0. The summed E-state index contributed by atoms with van der Waals surface area (Å²) in [5.74, 6) is -3.19. The molecule has 8 heteroatoms. The van der Waals surface area contributed by atoms with E-state index in [9.17, 15) is 18.9 Å². The molecule has 0 saturated carbocycles. The Bertz CT molecular complexity index is 2270. The largest absolute Gasteiger partial charge is 0.654 e. The van der Waals surface area contributed by atoms with Gasteiger partial charge in [0.1, 0.15) is 0 Å². The number of benzene rings is 6. The summed E-state index contributed by atoms with van der Waals surface area (Å²) < 4.78 is 32.0. The van der Waals surface area contributed by atoms with Crippen LogP contribution in [0, 0.1) is 62.3 Å². The molecular formula is C48H45O7P. The van der Waals surface area contributed by atoms with Crippen molar-refractivity contribution in [2.24, 2.45) is 0 Å². The van der Waals surface area contributed by atoms with E-state index in [0.29, 0.717) is 33.4 Å². The molecule has 0 N–H and O–H groups in total. The van der Waals surface area contributed by atoms with Gasteiger partial charge in [-0.3, -0.25) is 0 Å². The Balaban J connectivity index is 1.46. The van der Waals surface area contributed by atoms with Crippen molar-refractivity contribution >= 4 is 25.7 Å². The van der Waals surface area contributed by atoms with Gasteiger partial charge in [0.05, 0.1) is 16.7 Å². The molecule has 0 aliphatic rings. The highest BCUT2D eigenvalue weighted by molar-refractivity contribution is 7.50. The van der Waals surface area contributed by atoms with Crippen LogP contribution in [0.3, 0.4) is 0 Å². The second kappa shape index (κ2) is 16.0. The fourth-order valence-electron chi connectivity index (χ4n) is 8.14. The topological polar surface area (TPSA) is 96.0 Å².